The summed E-state index contributed by atoms with van der Waals surface area (Å²) in [5, 5.41) is 14.0. The number of benzene rings is 1. The Bertz CT molecular complexity index is 620. The smallest absolute Gasteiger partial charge is 0.251 e. The highest BCUT2D eigenvalue weighted by Crippen LogP contribution is 2.15. The van der Waals surface area contributed by atoms with Gasteiger partial charge >= 0.3 is 0 Å². The van der Waals surface area contributed by atoms with Crippen LogP contribution >= 0.6 is 0 Å². The summed E-state index contributed by atoms with van der Waals surface area (Å²) in [5.41, 5.74) is 2.42. The average Bonchev–Trinajstić information content (AvgIpc) is 3.17. The molecular weight excluding hydrogens is 270 g/mol. The summed E-state index contributed by atoms with van der Waals surface area (Å²) in [5.74, 6) is -0.0862. The Labute approximate surface area is 122 Å². The Morgan fingerprint density at radius 2 is 2.43 bits per heavy atom. The Hall–Kier alpha value is -2.28. The average molecular weight is 287 g/mol. The van der Waals surface area contributed by atoms with Crippen LogP contribution in [0.15, 0.2) is 24.5 Å². The molecule has 1 amide bonds. The van der Waals surface area contributed by atoms with Crippen molar-refractivity contribution in [1.29, 1.82) is 0 Å². The molecule has 0 unspecified atom stereocenters. The number of nitrogens with zero attached hydrogens (tertiary/aromatic N) is 4. The zero-order valence-corrected chi connectivity index (χ0v) is 11.8. The summed E-state index contributed by atoms with van der Waals surface area (Å²) in [4.78, 5) is 12.1. The number of tetrazole rings is 1. The van der Waals surface area contributed by atoms with Crippen LogP contribution in [0.4, 0.5) is 0 Å². The van der Waals surface area contributed by atoms with Crippen LogP contribution in [-0.2, 0) is 4.74 Å². The van der Waals surface area contributed by atoms with E-state index in [-0.39, 0.29) is 12.0 Å². The van der Waals surface area contributed by atoms with Gasteiger partial charge in [-0.2, -0.15) is 0 Å². The van der Waals surface area contributed by atoms with Gasteiger partial charge in [0.15, 0.2) is 0 Å². The van der Waals surface area contributed by atoms with Gasteiger partial charge in [0.05, 0.1) is 11.8 Å². The molecule has 1 aliphatic rings. The van der Waals surface area contributed by atoms with Crippen molar-refractivity contribution < 1.29 is 9.53 Å². The number of amides is 1. The first-order valence-electron chi connectivity index (χ1n) is 6.98. The van der Waals surface area contributed by atoms with E-state index in [1.54, 1.807) is 10.7 Å². The standard InChI is InChI=1S/C14H17N5O2/c1-10-7-11(4-5-13(10)19-9-16-17-18-19)14(20)15-8-12-3-2-6-21-12/h4-5,7,9,12H,2-3,6,8H2,1H3,(H,15,20)/t12-/m0/s1. The number of carbonyl (C=O) groups excluding carboxylic acids is 1. The first-order chi connectivity index (χ1) is 10.2. The second kappa shape index (κ2) is 6.01. The van der Waals surface area contributed by atoms with Gasteiger partial charge in [-0.3, -0.25) is 4.79 Å². The summed E-state index contributed by atoms with van der Waals surface area (Å²) in [6.07, 6.45) is 3.76. The van der Waals surface area contributed by atoms with E-state index in [1.807, 2.05) is 19.1 Å². The van der Waals surface area contributed by atoms with E-state index in [0.29, 0.717) is 12.1 Å². The van der Waals surface area contributed by atoms with Crippen LogP contribution in [0.1, 0.15) is 28.8 Å². The Morgan fingerprint density at radius 1 is 1.52 bits per heavy atom. The van der Waals surface area contributed by atoms with Crippen LogP contribution in [0.2, 0.25) is 0 Å². The Kier molecular flexibility index (Phi) is 3.92. The predicted octanol–water partition coefficient (Wildman–Crippen LogP) is 0.880. The zero-order valence-electron chi connectivity index (χ0n) is 11.8. The summed E-state index contributed by atoms with van der Waals surface area (Å²) in [6.45, 7) is 3.28. The van der Waals surface area contributed by atoms with Gasteiger partial charge in [0.1, 0.15) is 6.33 Å². The second-order valence-electron chi connectivity index (χ2n) is 5.10. The SMILES string of the molecule is Cc1cc(C(=O)NC[C@@H]2CCCO2)ccc1-n1cnnn1. The molecular formula is C14H17N5O2. The number of ether oxygens (including phenoxy) is 1. The third kappa shape index (κ3) is 3.08. The lowest BCUT2D eigenvalue weighted by molar-refractivity contribution is 0.0857. The highest BCUT2D eigenvalue weighted by atomic mass is 16.5. The molecule has 1 saturated heterocycles. The highest BCUT2D eigenvalue weighted by Gasteiger charge is 2.17. The normalized spacial score (nSPS) is 17.9. The van der Waals surface area contributed by atoms with Gasteiger partial charge in [-0.15, -0.1) is 5.10 Å². The lowest BCUT2D eigenvalue weighted by Crippen LogP contribution is -2.31. The Morgan fingerprint density at radius 3 is 3.10 bits per heavy atom. The van der Waals surface area contributed by atoms with E-state index in [2.05, 4.69) is 20.8 Å². The van der Waals surface area contributed by atoms with Gasteiger partial charge < -0.3 is 10.1 Å². The molecule has 0 bridgehead atoms. The van der Waals surface area contributed by atoms with Crippen molar-refractivity contribution in [2.45, 2.75) is 25.9 Å². The quantitative estimate of drug-likeness (QED) is 0.902. The highest BCUT2D eigenvalue weighted by molar-refractivity contribution is 5.94. The molecule has 1 aliphatic heterocycles. The van der Waals surface area contributed by atoms with Crippen LogP contribution in [-0.4, -0.2) is 45.4 Å². The molecule has 0 saturated carbocycles. The second-order valence-corrected chi connectivity index (χ2v) is 5.10. The fourth-order valence-corrected chi connectivity index (χ4v) is 2.44. The number of nitrogens with one attached hydrogen (secondary N) is 1. The maximum absolute atomic E-state index is 12.1. The topological polar surface area (TPSA) is 81.9 Å². The summed E-state index contributed by atoms with van der Waals surface area (Å²) in [6, 6.07) is 5.45. The van der Waals surface area contributed by atoms with E-state index in [4.69, 9.17) is 4.74 Å². The van der Waals surface area contributed by atoms with Crippen LogP contribution in [0.5, 0.6) is 0 Å². The minimum atomic E-state index is -0.0862. The van der Waals surface area contributed by atoms with Gasteiger partial charge in [0, 0.05) is 18.7 Å². The van der Waals surface area contributed by atoms with Crippen molar-refractivity contribution in [1.82, 2.24) is 25.5 Å². The monoisotopic (exact) mass is 287 g/mol. The number of aromatic nitrogens is 4. The predicted molar refractivity (Wildman–Crippen MR) is 75.2 cm³/mol. The minimum Gasteiger partial charge on any atom is -0.376 e. The molecule has 0 aliphatic carbocycles. The molecule has 1 N–H and O–H groups in total. The number of hydrogen-bond acceptors (Lipinski definition) is 5. The fourth-order valence-electron chi connectivity index (χ4n) is 2.44. The molecule has 7 heteroatoms. The van der Waals surface area contributed by atoms with Crippen LogP contribution in [0.25, 0.3) is 5.69 Å². The zero-order chi connectivity index (χ0) is 14.7. The van der Waals surface area contributed by atoms with E-state index in [1.165, 1.54) is 6.33 Å². The maximum atomic E-state index is 12.1. The van der Waals surface area contributed by atoms with Gasteiger partial charge in [-0.1, -0.05) is 0 Å². The molecule has 1 aromatic carbocycles. The van der Waals surface area contributed by atoms with Gasteiger partial charge in [-0.25, -0.2) is 4.68 Å². The number of rotatable bonds is 4. The van der Waals surface area contributed by atoms with Crippen LogP contribution < -0.4 is 5.32 Å². The molecule has 1 atom stereocenters. The van der Waals surface area contributed by atoms with Gasteiger partial charge in [-0.05, 0) is 54.0 Å². The summed E-state index contributed by atoms with van der Waals surface area (Å²) in [7, 11) is 0. The molecule has 1 aromatic heterocycles. The van der Waals surface area contributed by atoms with Crippen molar-refractivity contribution in [3.05, 3.63) is 35.7 Å². The fraction of sp³-hybridized carbons (Fsp3) is 0.429. The number of hydrogen-bond donors (Lipinski definition) is 1. The van der Waals surface area contributed by atoms with Gasteiger partial charge in [0.2, 0.25) is 0 Å². The van der Waals surface area contributed by atoms with Crippen molar-refractivity contribution in [2.75, 3.05) is 13.2 Å². The van der Waals surface area contributed by atoms with Gasteiger partial charge in [0.25, 0.3) is 5.91 Å². The molecule has 0 spiro atoms. The first-order valence-corrected chi connectivity index (χ1v) is 6.98. The van der Waals surface area contributed by atoms with E-state index in [9.17, 15) is 4.79 Å². The lowest BCUT2D eigenvalue weighted by atomic mass is 10.1. The molecule has 21 heavy (non-hydrogen) atoms. The first kappa shape index (κ1) is 13.7. The molecule has 110 valence electrons. The molecule has 2 heterocycles. The third-order valence-corrected chi connectivity index (χ3v) is 3.57. The van der Waals surface area contributed by atoms with Crippen molar-refractivity contribution >= 4 is 5.91 Å². The maximum Gasteiger partial charge on any atom is 0.251 e. The summed E-state index contributed by atoms with van der Waals surface area (Å²) >= 11 is 0. The van der Waals surface area contributed by atoms with Crippen molar-refractivity contribution in [3.8, 4) is 5.69 Å². The van der Waals surface area contributed by atoms with Crippen LogP contribution in [0, 0.1) is 6.92 Å². The number of aryl methyl sites for hydroxylation is 1. The summed E-state index contributed by atoms with van der Waals surface area (Å²) < 4.78 is 7.06. The molecule has 0 radical (unpaired) electrons. The van der Waals surface area contributed by atoms with E-state index < -0.39 is 0 Å². The molecule has 1 fully saturated rings. The number of carbonyl (C=O) groups is 1. The van der Waals surface area contributed by atoms with E-state index in [0.717, 1.165) is 30.7 Å². The largest absolute Gasteiger partial charge is 0.376 e. The Balaban J connectivity index is 1.68. The van der Waals surface area contributed by atoms with Crippen molar-refractivity contribution in [3.63, 3.8) is 0 Å². The molecule has 2 aromatic rings. The lowest BCUT2D eigenvalue weighted by Gasteiger charge is -2.12. The molecule has 7 nitrogen and oxygen atoms in total. The molecule has 3 rings (SSSR count). The van der Waals surface area contributed by atoms with Crippen LogP contribution in [0.3, 0.4) is 0 Å². The third-order valence-electron chi connectivity index (χ3n) is 3.57. The van der Waals surface area contributed by atoms with E-state index >= 15 is 0 Å². The minimum absolute atomic E-state index is 0.0862. The van der Waals surface area contributed by atoms with Crippen molar-refractivity contribution in [2.24, 2.45) is 0 Å².